The molecule has 2 heterocycles. The molecule has 0 atom stereocenters. The fourth-order valence-electron chi connectivity index (χ4n) is 5.54. The van der Waals surface area contributed by atoms with Crippen LogP contribution in [-0.4, -0.2) is 49.3 Å². The van der Waals surface area contributed by atoms with E-state index in [0.29, 0.717) is 13.1 Å². The van der Waals surface area contributed by atoms with Crippen LogP contribution in [0.5, 0.6) is 0 Å². The van der Waals surface area contributed by atoms with E-state index in [2.05, 4.69) is 9.48 Å². The molecule has 4 rings (SSSR count). The fraction of sp³-hybridized carbons (Fsp3) is 0.370. The van der Waals surface area contributed by atoms with Gasteiger partial charge in [-0.25, -0.2) is 8.42 Å². The smallest absolute Gasteiger partial charge is 0.744 e. The molecule has 2 aromatic carbocycles. The van der Waals surface area contributed by atoms with Gasteiger partial charge in [0.25, 0.3) is 10.1 Å². The van der Waals surface area contributed by atoms with E-state index < -0.39 is 31.1 Å². The van der Waals surface area contributed by atoms with Gasteiger partial charge in [-0.2, -0.15) is 13.0 Å². The van der Waals surface area contributed by atoms with Crippen LogP contribution in [0.2, 0.25) is 0 Å². The number of hydrogen-bond acceptors (Lipinski definition) is 6. The van der Waals surface area contributed by atoms with Crippen LogP contribution >= 0.6 is 0 Å². The van der Waals surface area contributed by atoms with Crippen molar-refractivity contribution in [1.29, 1.82) is 0 Å². The van der Waals surface area contributed by atoms with Gasteiger partial charge in [-0.1, -0.05) is 19.9 Å². The molecular weight excluding hydrogens is 552 g/mol. The number of fused-ring (bicyclic) bond motifs is 2. The molecule has 0 radical (unpaired) electrons. The third-order valence-electron chi connectivity index (χ3n) is 7.45. The van der Waals surface area contributed by atoms with Crippen molar-refractivity contribution in [2.75, 3.05) is 18.0 Å². The van der Waals surface area contributed by atoms with Gasteiger partial charge >= 0.3 is 51.4 Å². The first-order valence-corrected chi connectivity index (χ1v) is 14.9. The molecule has 2 aromatic rings. The molecule has 0 spiro atoms. The molecule has 198 valence electrons. The molecule has 38 heavy (non-hydrogen) atoms. The summed E-state index contributed by atoms with van der Waals surface area (Å²) in [5, 5.41) is 0. The Hall–Kier alpha value is -1.15. The maximum Gasteiger partial charge on any atom is 1.00 e. The second-order valence-corrected chi connectivity index (χ2v) is 13.1. The number of hydrogen-bond donors (Lipinski definition) is 1. The Kier molecular flexibility index (Phi) is 8.82. The zero-order chi connectivity index (χ0) is 27.6. The van der Waals surface area contributed by atoms with Crippen molar-refractivity contribution in [2.45, 2.75) is 62.2 Å². The van der Waals surface area contributed by atoms with Crippen molar-refractivity contribution < 1.29 is 81.9 Å². The van der Waals surface area contributed by atoms with Crippen LogP contribution in [0, 0.1) is 0 Å². The molecule has 0 saturated heterocycles. The maximum atomic E-state index is 11.7. The summed E-state index contributed by atoms with van der Waals surface area (Å²) in [7, 11) is -8.89. The topological polar surface area (TPSA) is 118 Å². The first kappa shape index (κ1) is 31.4. The van der Waals surface area contributed by atoms with Crippen molar-refractivity contribution in [3.05, 3.63) is 71.5 Å². The summed E-state index contributed by atoms with van der Waals surface area (Å²) in [6.45, 7) is 13.4. The number of allylic oxidation sites excluding steroid dienone is 4. The van der Waals surface area contributed by atoms with Crippen molar-refractivity contribution in [1.82, 2.24) is 0 Å². The van der Waals surface area contributed by atoms with Crippen LogP contribution in [0.4, 0.5) is 11.4 Å². The molecule has 0 amide bonds. The van der Waals surface area contributed by atoms with Crippen LogP contribution in [0.15, 0.2) is 70.1 Å². The second-order valence-electron chi connectivity index (χ2n) is 10.3. The molecule has 0 aliphatic carbocycles. The van der Waals surface area contributed by atoms with Gasteiger partial charge < -0.3 is 9.45 Å². The Labute approximate surface area is 268 Å². The zero-order valence-corrected chi connectivity index (χ0v) is 27.6. The van der Waals surface area contributed by atoms with E-state index in [9.17, 15) is 25.9 Å². The van der Waals surface area contributed by atoms with E-state index in [1.165, 1.54) is 24.3 Å². The molecule has 0 aromatic heterocycles. The molecule has 8 nitrogen and oxygen atoms in total. The Morgan fingerprint density at radius 3 is 2.11 bits per heavy atom. The van der Waals surface area contributed by atoms with Gasteiger partial charge in [0, 0.05) is 41.1 Å². The van der Waals surface area contributed by atoms with E-state index in [4.69, 9.17) is 0 Å². The van der Waals surface area contributed by atoms with Gasteiger partial charge in [-0.3, -0.25) is 4.55 Å². The Balaban J connectivity index is 0.00000400. The fourth-order valence-corrected chi connectivity index (χ4v) is 6.54. The molecule has 2 aliphatic heterocycles. The van der Waals surface area contributed by atoms with Gasteiger partial charge in [-0.05, 0) is 69.7 Å². The van der Waals surface area contributed by atoms with E-state index in [-0.39, 0.29) is 61.2 Å². The monoisotopic (exact) mass is 583 g/mol. The van der Waals surface area contributed by atoms with Gasteiger partial charge in [0.05, 0.1) is 15.2 Å². The van der Waals surface area contributed by atoms with Crippen molar-refractivity contribution >= 4 is 37.3 Å². The number of anilines is 1. The minimum Gasteiger partial charge on any atom is -0.744 e. The van der Waals surface area contributed by atoms with Crippen LogP contribution in [0.1, 0.15) is 52.7 Å². The quantitative estimate of drug-likeness (QED) is 0.311. The average molecular weight is 584 g/mol. The van der Waals surface area contributed by atoms with Crippen LogP contribution in [0.25, 0.3) is 0 Å². The normalized spacial score (nSPS) is 19.2. The molecule has 0 fully saturated rings. The molecule has 0 saturated carbocycles. The Morgan fingerprint density at radius 1 is 0.947 bits per heavy atom. The Morgan fingerprint density at radius 2 is 1.55 bits per heavy atom. The van der Waals surface area contributed by atoms with Gasteiger partial charge in [0.2, 0.25) is 5.69 Å². The first-order chi connectivity index (χ1) is 17.0. The van der Waals surface area contributed by atoms with E-state index in [0.717, 1.165) is 33.9 Å². The van der Waals surface area contributed by atoms with Gasteiger partial charge in [0.1, 0.15) is 16.7 Å². The van der Waals surface area contributed by atoms with Gasteiger partial charge in [-0.15, -0.1) is 0 Å². The maximum absolute atomic E-state index is 11.7. The summed E-state index contributed by atoms with van der Waals surface area (Å²) in [6.07, 6.45) is 5.95. The van der Waals surface area contributed by atoms with E-state index >= 15 is 0 Å². The Bertz CT molecular complexity index is 1600. The van der Waals surface area contributed by atoms with Crippen LogP contribution in [0.3, 0.4) is 0 Å². The van der Waals surface area contributed by atoms with Gasteiger partial charge in [0.15, 0.2) is 5.71 Å². The van der Waals surface area contributed by atoms with Crippen LogP contribution in [-0.2, 0) is 31.1 Å². The number of nitrogens with zero attached hydrogens (tertiary/aromatic N) is 2. The molecule has 0 unspecified atom stereocenters. The zero-order valence-electron chi connectivity index (χ0n) is 22.8. The predicted octanol–water partition coefficient (Wildman–Crippen LogP) is 1.50. The average Bonchev–Trinajstić information content (AvgIpc) is 3.15. The first-order valence-electron chi connectivity index (χ1n) is 12.1. The van der Waals surface area contributed by atoms with E-state index in [1.54, 1.807) is 12.1 Å². The number of likely N-dealkylation sites (N-methyl/N-ethyl adjacent to an activating group) is 1. The van der Waals surface area contributed by atoms with Crippen molar-refractivity contribution in [3.8, 4) is 0 Å². The SMILES string of the molecule is CCN1/C(=C/C=C/C2=[N+](CC)c3ccc(S(=O)(=O)[O-])cc3C2(C)C)C(C)(C)c2cc(S(=O)(=O)O)ccc21.[K+]. The largest absolute Gasteiger partial charge is 1.00 e. The molecular formula is C27H32KN2O6S2+. The third-order valence-corrected chi connectivity index (χ3v) is 9.13. The summed E-state index contributed by atoms with van der Waals surface area (Å²) in [6, 6.07) is 9.18. The third kappa shape index (κ3) is 5.29. The molecule has 11 heteroatoms. The molecule has 1 N–H and O–H groups in total. The molecule has 0 bridgehead atoms. The van der Waals surface area contributed by atoms with Crippen LogP contribution < -0.4 is 56.3 Å². The standard InChI is InChI=1S/C27H32N2O6S2.K/c1-7-28-22-14-12-18(36(30,31)32)16-20(22)26(3,4)24(28)10-9-11-25-27(5,6)21-17-19(37(33,34)35)13-15-23(21)29(25)8-2;/h9-17H,7-8H2,1-6H3,(H-,30,31,32,33,34,35);/q;+1. The summed E-state index contributed by atoms with van der Waals surface area (Å²) < 4.78 is 70.0. The molecule has 2 aliphatic rings. The summed E-state index contributed by atoms with van der Waals surface area (Å²) in [4.78, 5) is 1.75. The van der Waals surface area contributed by atoms with E-state index in [1.807, 2.05) is 59.8 Å². The van der Waals surface area contributed by atoms with Crippen molar-refractivity contribution in [3.63, 3.8) is 0 Å². The minimum absolute atomic E-state index is 0. The minimum atomic E-state index is -4.57. The second kappa shape index (κ2) is 10.7. The number of benzene rings is 2. The summed E-state index contributed by atoms with van der Waals surface area (Å²) in [5.74, 6) is 0. The summed E-state index contributed by atoms with van der Waals surface area (Å²) >= 11 is 0. The summed E-state index contributed by atoms with van der Waals surface area (Å²) in [5.41, 5.74) is 4.24. The predicted molar refractivity (Wildman–Crippen MR) is 142 cm³/mol. The van der Waals surface area contributed by atoms with Crippen molar-refractivity contribution in [2.24, 2.45) is 0 Å². The number of rotatable bonds is 6.